The number of thiophene rings is 1. The second kappa shape index (κ2) is 16.6. The Morgan fingerprint density at radius 3 is 2.35 bits per heavy atom. The lowest BCUT2D eigenvalue weighted by Gasteiger charge is -2.14. The minimum absolute atomic E-state index is 0.0277. The van der Waals surface area contributed by atoms with Crippen molar-refractivity contribution in [2.45, 2.75) is 42.8 Å². The van der Waals surface area contributed by atoms with Crippen LogP contribution in [-0.2, 0) is 27.2 Å². The number of anilines is 2. The van der Waals surface area contributed by atoms with E-state index in [1.165, 1.54) is 36.3 Å². The molecule has 0 radical (unpaired) electrons. The zero-order valence-electron chi connectivity index (χ0n) is 28.8. The third-order valence-electron chi connectivity index (χ3n) is 8.41. The normalized spacial score (nSPS) is 13.0. The molecule has 52 heavy (non-hydrogen) atoms. The summed E-state index contributed by atoms with van der Waals surface area (Å²) in [5.74, 6) is -0.180. The zero-order valence-corrected chi connectivity index (χ0v) is 30.5. The quantitative estimate of drug-likeness (QED) is 0.0663. The van der Waals surface area contributed by atoms with Gasteiger partial charge in [0.1, 0.15) is 28.0 Å². The van der Waals surface area contributed by atoms with Crippen LogP contribution >= 0.6 is 23.1 Å². The number of benzene rings is 3. The van der Waals surface area contributed by atoms with Gasteiger partial charge in [-0.1, -0.05) is 30.3 Å². The van der Waals surface area contributed by atoms with E-state index in [2.05, 4.69) is 16.0 Å². The summed E-state index contributed by atoms with van der Waals surface area (Å²) in [4.78, 5) is 54.5. The van der Waals surface area contributed by atoms with Crippen molar-refractivity contribution in [3.8, 4) is 17.1 Å². The summed E-state index contributed by atoms with van der Waals surface area (Å²) in [5.41, 5.74) is 3.02. The van der Waals surface area contributed by atoms with Crippen LogP contribution in [0.25, 0.3) is 17.4 Å². The highest BCUT2D eigenvalue weighted by atomic mass is 32.2. The lowest BCUT2D eigenvalue weighted by atomic mass is 9.95. The highest BCUT2D eigenvalue weighted by Crippen LogP contribution is 2.39. The maximum absolute atomic E-state index is 13.6. The first-order valence-corrected chi connectivity index (χ1v) is 18.4. The van der Waals surface area contributed by atoms with Crippen LogP contribution < -0.4 is 20.7 Å². The van der Waals surface area contributed by atoms with Crippen LogP contribution in [0.2, 0.25) is 0 Å². The van der Waals surface area contributed by atoms with E-state index in [0.29, 0.717) is 39.1 Å². The molecular formula is C40H37N3O7S2. The Hall–Kier alpha value is -5.59. The van der Waals surface area contributed by atoms with E-state index < -0.39 is 23.0 Å². The summed E-state index contributed by atoms with van der Waals surface area (Å²) in [6.07, 6.45) is 5.20. The Morgan fingerprint density at radius 1 is 0.865 bits per heavy atom. The topological polar surface area (TPSA) is 136 Å². The number of hydrogen-bond acceptors (Lipinski definition) is 9. The summed E-state index contributed by atoms with van der Waals surface area (Å²) in [6.45, 7) is 1.79. The first kappa shape index (κ1) is 36.2. The number of amides is 3. The van der Waals surface area contributed by atoms with Gasteiger partial charge in [0.15, 0.2) is 0 Å². The molecule has 2 aromatic heterocycles. The Labute approximate surface area is 309 Å². The Kier molecular flexibility index (Phi) is 11.6. The van der Waals surface area contributed by atoms with Crippen molar-refractivity contribution in [1.82, 2.24) is 5.32 Å². The SMILES string of the molecule is COC(=O)c1c(NC(=O)[C@H](C)Sc2ccc(NC(=O)/C(=C/c3ccc(-c4ccccc4OC)o3)NC(=O)c3ccccc3)cc2)sc2c1CCCC2. The minimum Gasteiger partial charge on any atom is -0.496 e. The molecule has 2 heterocycles. The van der Waals surface area contributed by atoms with Crippen molar-refractivity contribution in [1.29, 1.82) is 0 Å². The van der Waals surface area contributed by atoms with Crippen molar-refractivity contribution < 1.29 is 33.1 Å². The fourth-order valence-corrected chi connectivity index (χ4v) is 7.91. The predicted molar refractivity (Wildman–Crippen MR) is 204 cm³/mol. The monoisotopic (exact) mass is 735 g/mol. The highest BCUT2D eigenvalue weighted by molar-refractivity contribution is 8.00. The first-order chi connectivity index (χ1) is 25.2. The number of aryl methyl sites for hydroxylation is 1. The second-order valence-electron chi connectivity index (χ2n) is 11.9. The van der Waals surface area contributed by atoms with Crippen molar-refractivity contribution in [2.24, 2.45) is 0 Å². The Bertz CT molecular complexity index is 2120. The van der Waals surface area contributed by atoms with Gasteiger partial charge in [-0.25, -0.2) is 4.79 Å². The van der Waals surface area contributed by atoms with Gasteiger partial charge in [-0.05, 0) is 98.8 Å². The number of methoxy groups -OCH3 is 2. The molecule has 10 nitrogen and oxygen atoms in total. The molecule has 1 atom stereocenters. The van der Waals surface area contributed by atoms with Gasteiger partial charge >= 0.3 is 5.97 Å². The maximum Gasteiger partial charge on any atom is 0.341 e. The molecule has 0 aliphatic heterocycles. The molecule has 266 valence electrons. The van der Waals surface area contributed by atoms with E-state index >= 15 is 0 Å². The second-order valence-corrected chi connectivity index (χ2v) is 14.4. The number of carbonyl (C=O) groups excluding carboxylic acids is 4. The third-order valence-corrected chi connectivity index (χ3v) is 10.7. The van der Waals surface area contributed by atoms with Gasteiger partial charge in [0, 0.05) is 27.1 Å². The number of thioether (sulfide) groups is 1. The number of nitrogens with one attached hydrogen (secondary N) is 3. The van der Waals surface area contributed by atoms with Crippen LogP contribution in [0.1, 0.15) is 56.7 Å². The molecule has 6 rings (SSSR count). The van der Waals surface area contributed by atoms with Crippen LogP contribution in [0.4, 0.5) is 10.7 Å². The average Bonchev–Trinajstić information content (AvgIpc) is 3.79. The standard InChI is InChI=1S/C40H37N3O7S2/c1-24(36(44)43-39-35(40(47)49-3)30-14-8-10-16-34(30)52-39)51-28-20-17-26(18-21-28)41-38(46)31(42-37(45)25-11-5-4-6-12-25)23-27-19-22-33(50-27)29-13-7-9-15-32(29)48-2/h4-7,9,11-13,15,17-24H,8,10,14,16H2,1-3H3,(H,41,46)(H,42,45)(H,43,44)/b31-23-/t24-/m0/s1. The van der Waals surface area contributed by atoms with Crippen LogP contribution in [-0.4, -0.2) is 43.2 Å². The largest absolute Gasteiger partial charge is 0.496 e. The van der Waals surface area contributed by atoms with E-state index in [-0.39, 0.29) is 11.6 Å². The lowest BCUT2D eigenvalue weighted by molar-refractivity contribution is -0.115. The summed E-state index contributed by atoms with van der Waals surface area (Å²) in [7, 11) is 2.93. The van der Waals surface area contributed by atoms with Crippen LogP contribution in [0.5, 0.6) is 5.75 Å². The first-order valence-electron chi connectivity index (χ1n) is 16.7. The Balaban J connectivity index is 1.15. The summed E-state index contributed by atoms with van der Waals surface area (Å²) in [5, 5.41) is 8.57. The molecule has 0 saturated carbocycles. The molecule has 1 aliphatic carbocycles. The average molecular weight is 736 g/mol. The summed E-state index contributed by atoms with van der Waals surface area (Å²) >= 11 is 2.79. The third kappa shape index (κ3) is 8.47. The van der Waals surface area contributed by atoms with Crippen molar-refractivity contribution in [3.63, 3.8) is 0 Å². The number of carbonyl (C=O) groups is 4. The molecule has 0 fully saturated rings. The van der Waals surface area contributed by atoms with Crippen LogP contribution in [0.3, 0.4) is 0 Å². The fraction of sp³-hybridized carbons (Fsp3) is 0.200. The van der Waals surface area contributed by atoms with E-state index in [0.717, 1.165) is 46.6 Å². The van der Waals surface area contributed by atoms with Gasteiger partial charge in [0.25, 0.3) is 11.8 Å². The fourth-order valence-electron chi connectivity index (χ4n) is 5.77. The predicted octanol–water partition coefficient (Wildman–Crippen LogP) is 8.21. The van der Waals surface area contributed by atoms with Gasteiger partial charge in [-0.3, -0.25) is 14.4 Å². The number of hydrogen-bond donors (Lipinski definition) is 3. The number of furan rings is 1. The number of para-hydroxylation sites is 1. The van der Waals surface area contributed by atoms with Gasteiger partial charge in [0.05, 0.1) is 30.6 Å². The smallest absolute Gasteiger partial charge is 0.341 e. The van der Waals surface area contributed by atoms with Crippen molar-refractivity contribution >= 4 is 63.6 Å². The molecule has 0 spiro atoms. The molecule has 0 saturated heterocycles. The van der Waals surface area contributed by atoms with Crippen molar-refractivity contribution in [3.05, 3.63) is 124 Å². The number of rotatable bonds is 12. The van der Waals surface area contributed by atoms with E-state index in [4.69, 9.17) is 13.9 Å². The molecule has 5 aromatic rings. The van der Waals surface area contributed by atoms with Gasteiger partial charge < -0.3 is 29.8 Å². The maximum atomic E-state index is 13.6. The lowest BCUT2D eigenvalue weighted by Crippen LogP contribution is -2.30. The van der Waals surface area contributed by atoms with E-state index in [1.807, 2.05) is 24.3 Å². The number of esters is 1. The molecule has 12 heteroatoms. The minimum atomic E-state index is -0.562. The van der Waals surface area contributed by atoms with Crippen molar-refractivity contribution in [2.75, 3.05) is 24.9 Å². The summed E-state index contributed by atoms with van der Waals surface area (Å²) in [6, 6.07) is 26.5. The van der Waals surface area contributed by atoms with Gasteiger partial charge in [-0.15, -0.1) is 23.1 Å². The van der Waals surface area contributed by atoms with E-state index in [9.17, 15) is 19.2 Å². The van der Waals surface area contributed by atoms with Crippen LogP contribution in [0, 0.1) is 0 Å². The van der Waals surface area contributed by atoms with Gasteiger partial charge in [-0.2, -0.15) is 0 Å². The molecular weight excluding hydrogens is 699 g/mol. The zero-order chi connectivity index (χ0) is 36.6. The van der Waals surface area contributed by atoms with E-state index in [1.54, 1.807) is 80.8 Å². The van der Waals surface area contributed by atoms with Crippen LogP contribution in [0.15, 0.2) is 106 Å². The molecule has 3 aromatic carbocycles. The molecule has 3 amide bonds. The molecule has 1 aliphatic rings. The highest BCUT2D eigenvalue weighted by Gasteiger charge is 2.28. The Morgan fingerprint density at radius 2 is 1.60 bits per heavy atom. The number of fused-ring (bicyclic) bond motifs is 1. The number of ether oxygens (including phenoxy) is 2. The molecule has 0 unspecified atom stereocenters. The van der Waals surface area contributed by atoms with Gasteiger partial charge in [0.2, 0.25) is 5.91 Å². The molecule has 3 N–H and O–H groups in total. The molecule has 0 bridgehead atoms. The summed E-state index contributed by atoms with van der Waals surface area (Å²) < 4.78 is 16.5.